The van der Waals surface area contributed by atoms with Gasteiger partial charge in [-0.1, -0.05) is 54.6 Å². The summed E-state index contributed by atoms with van der Waals surface area (Å²) in [6.45, 7) is 1.23. The van der Waals surface area contributed by atoms with Crippen LogP contribution in [-0.2, 0) is 17.5 Å². The molecule has 3 aromatic rings. The number of hydrogen-bond donors (Lipinski definition) is 1. The highest BCUT2D eigenvalue weighted by Gasteiger charge is 2.34. The lowest BCUT2D eigenvalue weighted by molar-refractivity contribution is -0.137. The lowest BCUT2D eigenvalue weighted by Crippen LogP contribution is -2.30. The molecule has 0 heterocycles. The van der Waals surface area contributed by atoms with Crippen LogP contribution in [0.25, 0.3) is 10.8 Å². The van der Waals surface area contributed by atoms with Crippen molar-refractivity contribution in [1.82, 2.24) is 4.90 Å². The van der Waals surface area contributed by atoms with Gasteiger partial charge in [0.25, 0.3) is 0 Å². The molecule has 0 saturated heterocycles. The molecule has 6 heteroatoms. The van der Waals surface area contributed by atoms with Crippen LogP contribution in [0.5, 0.6) is 0 Å². The van der Waals surface area contributed by atoms with E-state index in [0.29, 0.717) is 12.6 Å². The minimum absolute atomic E-state index is 0.146. The van der Waals surface area contributed by atoms with Gasteiger partial charge in [0.15, 0.2) is 0 Å². The Balaban J connectivity index is 1.42. The van der Waals surface area contributed by atoms with Crippen LogP contribution in [0.4, 0.5) is 18.9 Å². The Bertz CT molecular complexity index is 1040. The van der Waals surface area contributed by atoms with Crippen molar-refractivity contribution < 1.29 is 18.0 Å². The van der Waals surface area contributed by atoms with Crippen LogP contribution in [0.2, 0.25) is 0 Å². The molecule has 3 aromatic carbocycles. The number of rotatable bonds is 7. The minimum Gasteiger partial charge on any atom is -0.325 e. The molecule has 3 nitrogen and oxygen atoms in total. The van der Waals surface area contributed by atoms with Crippen LogP contribution in [-0.4, -0.2) is 23.4 Å². The number of benzene rings is 3. The predicted octanol–water partition coefficient (Wildman–Crippen LogP) is 5.85. The number of alkyl halides is 3. The van der Waals surface area contributed by atoms with E-state index >= 15 is 0 Å². The Morgan fingerprint density at radius 1 is 0.967 bits per heavy atom. The van der Waals surface area contributed by atoms with Crippen molar-refractivity contribution in [2.45, 2.75) is 38.0 Å². The zero-order chi connectivity index (χ0) is 21.1. The Morgan fingerprint density at radius 2 is 1.67 bits per heavy atom. The van der Waals surface area contributed by atoms with E-state index in [4.69, 9.17) is 0 Å². The van der Waals surface area contributed by atoms with Crippen molar-refractivity contribution >= 4 is 22.4 Å². The summed E-state index contributed by atoms with van der Waals surface area (Å²) < 4.78 is 39.4. The highest BCUT2D eigenvalue weighted by Crippen LogP contribution is 2.35. The maximum Gasteiger partial charge on any atom is 0.418 e. The van der Waals surface area contributed by atoms with Crippen molar-refractivity contribution in [3.63, 3.8) is 0 Å². The molecule has 156 valence electrons. The molecule has 0 unspecified atom stereocenters. The average molecular weight is 412 g/mol. The van der Waals surface area contributed by atoms with Crippen LogP contribution in [0.15, 0.2) is 66.7 Å². The third-order valence-electron chi connectivity index (χ3n) is 5.45. The lowest BCUT2D eigenvalue weighted by atomic mass is 10.0. The third-order valence-corrected chi connectivity index (χ3v) is 5.45. The number of para-hydroxylation sites is 1. The second-order valence-corrected chi connectivity index (χ2v) is 7.68. The Morgan fingerprint density at radius 3 is 2.43 bits per heavy atom. The number of amides is 1. The second-order valence-electron chi connectivity index (χ2n) is 7.68. The van der Waals surface area contributed by atoms with E-state index in [1.165, 1.54) is 34.5 Å². The van der Waals surface area contributed by atoms with E-state index in [1.807, 2.05) is 18.2 Å². The number of carbonyl (C=O) groups is 1. The number of fused-ring (bicyclic) bond motifs is 1. The summed E-state index contributed by atoms with van der Waals surface area (Å²) in [6.07, 6.45) is -2.18. The van der Waals surface area contributed by atoms with Crippen molar-refractivity contribution in [2.75, 3.05) is 11.9 Å². The molecule has 1 aliphatic carbocycles. The van der Waals surface area contributed by atoms with E-state index in [2.05, 4.69) is 34.5 Å². The van der Waals surface area contributed by atoms with Gasteiger partial charge < -0.3 is 5.32 Å². The van der Waals surface area contributed by atoms with Crippen LogP contribution < -0.4 is 5.32 Å². The fourth-order valence-corrected chi connectivity index (χ4v) is 3.78. The van der Waals surface area contributed by atoms with E-state index < -0.39 is 17.6 Å². The second kappa shape index (κ2) is 8.48. The van der Waals surface area contributed by atoms with Gasteiger partial charge in [-0.3, -0.25) is 9.69 Å². The molecule has 0 atom stereocenters. The van der Waals surface area contributed by atoms with Crippen LogP contribution >= 0.6 is 0 Å². The highest BCUT2D eigenvalue weighted by molar-refractivity contribution is 5.91. The fourth-order valence-electron chi connectivity index (χ4n) is 3.78. The van der Waals surface area contributed by atoms with Gasteiger partial charge in [0.1, 0.15) is 0 Å². The molecule has 0 spiro atoms. The largest absolute Gasteiger partial charge is 0.418 e. The Kier molecular flexibility index (Phi) is 5.77. The Labute approximate surface area is 173 Å². The van der Waals surface area contributed by atoms with Crippen molar-refractivity contribution in [3.8, 4) is 0 Å². The molecule has 1 fully saturated rings. The topological polar surface area (TPSA) is 32.3 Å². The molecular weight excluding hydrogens is 389 g/mol. The summed E-state index contributed by atoms with van der Waals surface area (Å²) in [7, 11) is 0. The number of hydrogen-bond acceptors (Lipinski definition) is 2. The van der Waals surface area contributed by atoms with Gasteiger partial charge in [0.2, 0.25) is 5.91 Å². The summed E-state index contributed by atoms with van der Waals surface area (Å²) in [4.78, 5) is 14.7. The van der Waals surface area contributed by atoms with Crippen molar-refractivity contribution in [1.29, 1.82) is 0 Å². The molecule has 1 amide bonds. The van der Waals surface area contributed by atoms with Gasteiger partial charge in [-0.25, -0.2) is 0 Å². The van der Waals surface area contributed by atoms with Crippen LogP contribution in [0.1, 0.15) is 30.4 Å². The first-order chi connectivity index (χ1) is 14.4. The smallest absolute Gasteiger partial charge is 0.325 e. The standard InChI is InChI=1S/C24H23F3N2O/c25-24(26,27)21-10-3-4-11-22(21)28-23(30)14-15-29(19-12-13-19)16-18-8-5-7-17-6-1-2-9-20(17)18/h1-11,19H,12-16H2,(H,28,30). The van der Waals surface area contributed by atoms with Crippen LogP contribution in [0, 0.1) is 0 Å². The maximum absolute atomic E-state index is 13.1. The quantitative estimate of drug-likeness (QED) is 0.528. The molecule has 0 bridgehead atoms. The predicted molar refractivity (Wildman–Crippen MR) is 112 cm³/mol. The fraction of sp³-hybridized carbons (Fsp3) is 0.292. The van der Waals surface area contributed by atoms with E-state index in [1.54, 1.807) is 0 Å². The van der Waals surface area contributed by atoms with Gasteiger partial charge >= 0.3 is 6.18 Å². The Hall–Kier alpha value is -2.86. The molecule has 0 aliphatic heterocycles. The first kappa shape index (κ1) is 20.4. The zero-order valence-corrected chi connectivity index (χ0v) is 16.5. The third kappa shape index (κ3) is 4.82. The molecule has 0 aromatic heterocycles. The normalized spacial score (nSPS) is 14.3. The number of nitrogens with one attached hydrogen (secondary N) is 1. The SMILES string of the molecule is O=C(CCN(Cc1cccc2ccccc12)C1CC1)Nc1ccccc1C(F)(F)F. The minimum atomic E-state index is -4.50. The molecule has 1 saturated carbocycles. The average Bonchev–Trinajstić information content (AvgIpc) is 3.56. The summed E-state index contributed by atoms with van der Waals surface area (Å²) in [5, 5.41) is 4.80. The maximum atomic E-state index is 13.1. The van der Waals surface area contributed by atoms with Gasteiger partial charge in [-0.05, 0) is 41.3 Å². The van der Waals surface area contributed by atoms with Gasteiger partial charge in [0.05, 0.1) is 11.3 Å². The van der Waals surface area contributed by atoms with E-state index in [-0.39, 0.29) is 12.1 Å². The molecule has 1 aliphatic rings. The zero-order valence-electron chi connectivity index (χ0n) is 16.5. The van der Waals surface area contributed by atoms with Gasteiger partial charge in [-0.15, -0.1) is 0 Å². The van der Waals surface area contributed by atoms with Crippen molar-refractivity contribution in [2.24, 2.45) is 0 Å². The summed E-state index contributed by atoms with van der Waals surface area (Å²) >= 11 is 0. The number of carbonyl (C=O) groups excluding carboxylic acids is 1. The highest BCUT2D eigenvalue weighted by atomic mass is 19.4. The monoisotopic (exact) mass is 412 g/mol. The van der Waals surface area contributed by atoms with Gasteiger partial charge in [0, 0.05) is 25.6 Å². The first-order valence-corrected chi connectivity index (χ1v) is 10.1. The molecule has 30 heavy (non-hydrogen) atoms. The number of halogens is 3. The summed E-state index contributed by atoms with van der Waals surface area (Å²) in [5.41, 5.74) is 0.179. The molecule has 4 rings (SSSR count). The van der Waals surface area contributed by atoms with E-state index in [9.17, 15) is 18.0 Å². The number of anilines is 1. The van der Waals surface area contributed by atoms with E-state index in [0.717, 1.165) is 25.5 Å². The summed E-state index contributed by atoms with van der Waals surface area (Å²) in [6, 6.07) is 19.9. The summed E-state index contributed by atoms with van der Waals surface area (Å²) in [5.74, 6) is -0.407. The number of nitrogens with zero attached hydrogens (tertiary/aromatic N) is 1. The van der Waals surface area contributed by atoms with Crippen molar-refractivity contribution in [3.05, 3.63) is 77.9 Å². The molecule has 0 radical (unpaired) electrons. The lowest BCUT2D eigenvalue weighted by Gasteiger charge is -2.23. The van der Waals surface area contributed by atoms with Crippen LogP contribution in [0.3, 0.4) is 0 Å². The first-order valence-electron chi connectivity index (χ1n) is 10.1. The molecule has 1 N–H and O–H groups in total. The van der Waals surface area contributed by atoms with Gasteiger partial charge in [-0.2, -0.15) is 13.2 Å². The molecular formula is C24H23F3N2O.